The molecule has 212 valence electrons. The largest absolute Gasteiger partial charge is 0.375 e. The van der Waals surface area contributed by atoms with E-state index in [0.717, 1.165) is 48.2 Å². The Balaban J connectivity index is 1.69. The van der Waals surface area contributed by atoms with Crippen LogP contribution < -0.4 is 0 Å². The molecule has 0 radical (unpaired) electrons. The van der Waals surface area contributed by atoms with Gasteiger partial charge in [-0.2, -0.15) is 0 Å². The maximum atomic E-state index is 7.51. The summed E-state index contributed by atoms with van der Waals surface area (Å²) in [5, 5.41) is 0. The summed E-state index contributed by atoms with van der Waals surface area (Å²) in [7, 11) is 1.94. The van der Waals surface area contributed by atoms with Crippen molar-refractivity contribution in [1.82, 2.24) is 4.67 Å². The van der Waals surface area contributed by atoms with Crippen molar-refractivity contribution in [1.29, 1.82) is 0 Å². The molecule has 2 heterocycles. The molecule has 2 saturated heterocycles. The van der Waals surface area contributed by atoms with Crippen LogP contribution in [0.3, 0.4) is 0 Å². The van der Waals surface area contributed by atoms with Gasteiger partial charge in [-0.3, -0.25) is 0 Å². The lowest BCUT2D eigenvalue weighted by Gasteiger charge is -2.45. The standard InChI is InChI=1S/C35H38NO4P/c1-37-32-33(38-2)35(30-22-12-5-13-23-30,31-24-14-6-15-25-31)40-41(36-26-16-7-17-27-36)39-34(32,28-18-8-3-9-19-28)29-20-10-4-11-21-29/h3-6,8-15,18-25,32-33H,7,16-17,26-27H2,1-2H3. The summed E-state index contributed by atoms with van der Waals surface area (Å²) in [6.45, 7) is 1.83. The number of hydrogen-bond acceptors (Lipinski definition) is 5. The Kier molecular flexibility index (Phi) is 8.64. The third-order valence-electron chi connectivity index (χ3n) is 8.40. The topological polar surface area (TPSA) is 40.2 Å². The molecule has 0 N–H and O–H groups in total. The van der Waals surface area contributed by atoms with Crippen LogP contribution in [0.5, 0.6) is 0 Å². The molecular weight excluding hydrogens is 529 g/mol. The fourth-order valence-corrected chi connectivity index (χ4v) is 8.47. The van der Waals surface area contributed by atoms with E-state index in [1.165, 1.54) is 6.42 Å². The fraction of sp³-hybridized carbons (Fsp3) is 0.314. The summed E-state index contributed by atoms with van der Waals surface area (Å²) in [5.41, 5.74) is 2.00. The number of methoxy groups -OCH3 is 2. The molecule has 2 atom stereocenters. The zero-order chi connectivity index (χ0) is 28.1. The molecule has 0 spiro atoms. The highest BCUT2D eigenvalue weighted by molar-refractivity contribution is 7.44. The summed E-state index contributed by atoms with van der Waals surface area (Å²) >= 11 is 0. The van der Waals surface area contributed by atoms with Gasteiger partial charge in [-0.25, -0.2) is 4.67 Å². The molecule has 0 aromatic heterocycles. The first kappa shape index (κ1) is 28.2. The van der Waals surface area contributed by atoms with Crippen LogP contribution in [0.2, 0.25) is 0 Å². The molecule has 2 unspecified atom stereocenters. The molecule has 0 aliphatic carbocycles. The second kappa shape index (κ2) is 12.5. The molecule has 41 heavy (non-hydrogen) atoms. The minimum Gasteiger partial charge on any atom is -0.375 e. The van der Waals surface area contributed by atoms with E-state index in [-0.39, 0.29) is 0 Å². The first-order valence-electron chi connectivity index (χ1n) is 14.4. The van der Waals surface area contributed by atoms with Gasteiger partial charge in [-0.15, -0.1) is 0 Å². The van der Waals surface area contributed by atoms with E-state index in [1.807, 2.05) is 24.3 Å². The number of benzene rings is 4. The van der Waals surface area contributed by atoms with E-state index in [4.69, 9.17) is 18.5 Å². The van der Waals surface area contributed by atoms with E-state index >= 15 is 0 Å². The number of rotatable bonds is 7. The van der Waals surface area contributed by atoms with Crippen LogP contribution in [0.1, 0.15) is 41.5 Å². The van der Waals surface area contributed by atoms with Gasteiger partial charge in [0.15, 0.2) is 11.2 Å². The van der Waals surface area contributed by atoms with Gasteiger partial charge in [0.2, 0.25) is 0 Å². The maximum Gasteiger partial charge on any atom is 0.261 e. The highest BCUT2D eigenvalue weighted by Crippen LogP contribution is 2.63. The Hall–Kier alpha value is -2.89. The Morgan fingerprint density at radius 2 is 0.854 bits per heavy atom. The van der Waals surface area contributed by atoms with Gasteiger partial charge >= 0.3 is 0 Å². The summed E-state index contributed by atoms with van der Waals surface area (Å²) < 4.78 is 30.6. The van der Waals surface area contributed by atoms with Crippen LogP contribution in [0.15, 0.2) is 121 Å². The molecule has 5 nitrogen and oxygen atoms in total. The zero-order valence-electron chi connectivity index (χ0n) is 23.8. The minimum atomic E-state index is -1.58. The van der Waals surface area contributed by atoms with Crippen molar-refractivity contribution in [3.05, 3.63) is 144 Å². The van der Waals surface area contributed by atoms with Crippen LogP contribution in [0, 0.1) is 0 Å². The molecule has 2 aliphatic heterocycles. The second-order valence-corrected chi connectivity index (χ2v) is 12.1. The summed E-state index contributed by atoms with van der Waals surface area (Å²) in [5.74, 6) is 0. The van der Waals surface area contributed by atoms with Crippen molar-refractivity contribution in [2.45, 2.75) is 42.7 Å². The van der Waals surface area contributed by atoms with Crippen molar-refractivity contribution in [2.75, 3.05) is 27.3 Å². The first-order chi connectivity index (χ1) is 20.2. The Labute approximate surface area is 245 Å². The van der Waals surface area contributed by atoms with Crippen LogP contribution in [0.25, 0.3) is 0 Å². The predicted octanol–water partition coefficient (Wildman–Crippen LogP) is 7.66. The molecule has 4 aromatic rings. The van der Waals surface area contributed by atoms with Gasteiger partial charge in [0.25, 0.3) is 8.53 Å². The van der Waals surface area contributed by atoms with Crippen molar-refractivity contribution >= 4 is 8.53 Å². The molecule has 6 heteroatoms. The van der Waals surface area contributed by atoms with E-state index in [0.29, 0.717) is 0 Å². The number of piperidine rings is 1. The second-order valence-electron chi connectivity index (χ2n) is 10.7. The van der Waals surface area contributed by atoms with E-state index in [1.54, 1.807) is 14.2 Å². The van der Waals surface area contributed by atoms with Crippen LogP contribution >= 0.6 is 8.53 Å². The summed E-state index contributed by atoms with van der Waals surface area (Å²) in [6.07, 6.45) is 2.29. The molecule has 0 saturated carbocycles. The number of nitrogens with zero attached hydrogens (tertiary/aromatic N) is 1. The lowest BCUT2D eigenvalue weighted by atomic mass is 9.71. The lowest BCUT2D eigenvalue weighted by Crippen LogP contribution is -2.56. The van der Waals surface area contributed by atoms with E-state index < -0.39 is 31.9 Å². The highest BCUT2D eigenvalue weighted by Gasteiger charge is 2.62. The quantitative estimate of drug-likeness (QED) is 0.215. The summed E-state index contributed by atoms with van der Waals surface area (Å²) in [4.78, 5) is 0. The van der Waals surface area contributed by atoms with Gasteiger partial charge in [-0.1, -0.05) is 128 Å². The average molecular weight is 568 g/mol. The Bertz CT molecular complexity index is 1190. The molecule has 4 aromatic carbocycles. The number of ether oxygens (including phenoxy) is 2. The van der Waals surface area contributed by atoms with Crippen molar-refractivity contribution in [3.8, 4) is 0 Å². The molecule has 6 rings (SSSR count). The molecule has 2 fully saturated rings. The zero-order valence-corrected chi connectivity index (χ0v) is 24.7. The van der Waals surface area contributed by atoms with Gasteiger partial charge in [-0.05, 0) is 35.1 Å². The van der Waals surface area contributed by atoms with Gasteiger partial charge in [0.05, 0.1) is 0 Å². The molecule has 0 amide bonds. The Morgan fingerprint density at radius 3 is 1.15 bits per heavy atom. The minimum absolute atomic E-state index is 0.574. The van der Waals surface area contributed by atoms with E-state index in [2.05, 4.69) is 102 Å². The normalized spacial score (nSPS) is 24.4. The van der Waals surface area contributed by atoms with Crippen LogP contribution in [0.4, 0.5) is 0 Å². The third kappa shape index (κ3) is 5.06. The van der Waals surface area contributed by atoms with Gasteiger partial charge in [0, 0.05) is 27.3 Å². The highest BCUT2D eigenvalue weighted by atomic mass is 31.2. The average Bonchev–Trinajstić information content (AvgIpc) is 3.20. The van der Waals surface area contributed by atoms with Crippen LogP contribution in [-0.2, 0) is 29.7 Å². The van der Waals surface area contributed by atoms with Crippen molar-refractivity contribution in [2.24, 2.45) is 0 Å². The monoisotopic (exact) mass is 567 g/mol. The van der Waals surface area contributed by atoms with E-state index in [9.17, 15) is 0 Å². The van der Waals surface area contributed by atoms with Crippen molar-refractivity contribution in [3.63, 3.8) is 0 Å². The van der Waals surface area contributed by atoms with Gasteiger partial charge < -0.3 is 18.5 Å². The molecule has 0 bridgehead atoms. The third-order valence-corrected chi connectivity index (χ3v) is 10.2. The van der Waals surface area contributed by atoms with Gasteiger partial charge in [0.1, 0.15) is 12.2 Å². The summed E-state index contributed by atoms with van der Waals surface area (Å²) in [6, 6.07) is 41.7. The Morgan fingerprint density at radius 1 is 0.537 bits per heavy atom. The molecule has 2 aliphatic rings. The SMILES string of the molecule is COC1C(OC)C(c2ccccc2)(c2ccccc2)OP(N2CCCCC2)OC1(c1ccccc1)c1ccccc1. The number of hydrogen-bond donors (Lipinski definition) is 0. The van der Waals surface area contributed by atoms with Crippen LogP contribution in [-0.4, -0.2) is 44.2 Å². The lowest BCUT2D eigenvalue weighted by molar-refractivity contribution is -0.152. The smallest absolute Gasteiger partial charge is 0.261 e. The fourth-order valence-electron chi connectivity index (χ4n) is 6.47. The molecular formula is C35H38NO4P. The maximum absolute atomic E-state index is 7.51. The first-order valence-corrected chi connectivity index (χ1v) is 15.6. The predicted molar refractivity (Wildman–Crippen MR) is 163 cm³/mol. The van der Waals surface area contributed by atoms with Crippen molar-refractivity contribution < 1.29 is 18.5 Å².